The van der Waals surface area contributed by atoms with Gasteiger partial charge in [0.2, 0.25) is 0 Å². The van der Waals surface area contributed by atoms with Crippen molar-refractivity contribution >= 4 is 0 Å². The van der Waals surface area contributed by atoms with Crippen LogP contribution in [0.5, 0.6) is 0 Å². The van der Waals surface area contributed by atoms with E-state index in [1.165, 1.54) is 40.9 Å². The molecule has 146 valence electrons. The minimum absolute atomic E-state index is 0.402. The molecule has 3 heterocycles. The molecule has 1 aliphatic heterocycles. The lowest BCUT2D eigenvalue weighted by molar-refractivity contribution is 0.243. The molecule has 4 nitrogen and oxygen atoms in total. The first-order valence-corrected chi connectivity index (χ1v) is 10.4. The van der Waals surface area contributed by atoms with Crippen LogP contribution in [0.15, 0.2) is 48.7 Å². The largest absolute Gasteiger partial charge is 0.290 e. The Morgan fingerprint density at radius 3 is 2.64 bits per heavy atom. The maximum atomic E-state index is 4.93. The molecule has 0 radical (unpaired) electrons. The van der Waals surface area contributed by atoms with Gasteiger partial charge in [-0.05, 0) is 69.8 Å². The zero-order valence-corrected chi connectivity index (χ0v) is 17.2. The van der Waals surface area contributed by atoms with E-state index in [-0.39, 0.29) is 0 Å². The Balaban J connectivity index is 1.56. The number of aryl methyl sites for hydroxylation is 2. The van der Waals surface area contributed by atoms with Crippen molar-refractivity contribution < 1.29 is 0 Å². The van der Waals surface area contributed by atoms with E-state index in [2.05, 4.69) is 77.9 Å². The second-order valence-corrected chi connectivity index (χ2v) is 7.90. The number of likely N-dealkylation sites (tertiary alicyclic amines) is 1. The maximum Gasteiger partial charge on any atom is 0.0581 e. The molecular weight excluding hydrogens is 344 g/mol. The zero-order chi connectivity index (χ0) is 19.5. The van der Waals surface area contributed by atoms with E-state index in [1.807, 2.05) is 6.20 Å². The van der Waals surface area contributed by atoms with Gasteiger partial charge in [-0.1, -0.05) is 30.3 Å². The fraction of sp³-hybridized carbons (Fsp3) is 0.417. The monoisotopic (exact) mass is 374 g/mol. The molecule has 0 aliphatic carbocycles. The fourth-order valence-corrected chi connectivity index (χ4v) is 4.40. The van der Waals surface area contributed by atoms with E-state index in [9.17, 15) is 0 Å². The van der Waals surface area contributed by atoms with Crippen molar-refractivity contribution in [2.75, 3.05) is 6.54 Å². The van der Waals surface area contributed by atoms with Crippen LogP contribution in [0.3, 0.4) is 0 Å². The minimum atomic E-state index is 0.402. The number of nitrogens with zero attached hydrogens (tertiary/aromatic N) is 4. The average Bonchev–Trinajstić information content (AvgIpc) is 3.29. The molecule has 28 heavy (non-hydrogen) atoms. The number of benzene rings is 1. The SMILES string of the molecule is CCn1ncc(CN2CCC[C@H]2c2cc(Cc3ccccc3)cc(C)n2)c1C. The molecule has 1 aliphatic rings. The van der Waals surface area contributed by atoms with E-state index < -0.39 is 0 Å². The molecule has 0 N–H and O–H groups in total. The second kappa shape index (κ2) is 8.27. The Bertz CT molecular complexity index is 929. The summed E-state index contributed by atoms with van der Waals surface area (Å²) >= 11 is 0. The number of hydrogen-bond donors (Lipinski definition) is 0. The van der Waals surface area contributed by atoms with Crippen molar-refractivity contribution in [3.05, 3.63) is 82.4 Å². The summed E-state index contributed by atoms with van der Waals surface area (Å²) in [5.74, 6) is 0. The van der Waals surface area contributed by atoms with E-state index in [1.54, 1.807) is 0 Å². The van der Waals surface area contributed by atoms with Gasteiger partial charge >= 0.3 is 0 Å². The Labute approximate surface area is 168 Å². The average molecular weight is 375 g/mol. The van der Waals surface area contributed by atoms with Gasteiger partial charge < -0.3 is 0 Å². The topological polar surface area (TPSA) is 34.0 Å². The highest BCUT2D eigenvalue weighted by atomic mass is 15.3. The normalized spacial score (nSPS) is 17.3. The first-order chi connectivity index (χ1) is 13.6. The van der Waals surface area contributed by atoms with Crippen molar-refractivity contribution in [1.29, 1.82) is 0 Å². The molecule has 1 aromatic carbocycles. The van der Waals surface area contributed by atoms with Crippen LogP contribution >= 0.6 is 0 Å². The van der Waals surface area contributed by atoms with Gasteiger partial charge in [-0.3, -0.25) is 14.6 Å². The zero-order valence-electron chi connectivity index (χ0n) is 17.2. The lowest BCUT2D eigenvalue weighted by Gasteiger charge is -2.24. The van der Waals surface area contributed by atoms with Crippen LogP contribution in [0.25, 0.3) is 0 Å². The third-order valence-electron chi connectivity index (χ3n) is 5.87. The second-order valence-electron chi connectivity index (χ2n) is 7.90. The van der Waals surface area contributed by atoms with Gasteiger partial charge in [0, 0.05) is 30.0 Å². The van der Waals surface area contributed by atoms with Gasteiger partial charge in [0.25, 0.3) is 0 Å². The molecule has 1 atom stereocenters. The first-order valence-electron chi connectivity index (χ1n) is 10.4. The molecule has 3 aromatic rings. The molecule has 0 bridgehead atoms. The summed E-state index contributed by atoms with van der Waals surface area (Å²) in [7, 11) is 0. The van der Waals surface area contributed by atoms with E-state index in [0.717, 1.165) is 31.7 Å². The van der Waals surface area contributed by atoms with Crippen molar-refractivity contribution in [3.8, 4) is 0 Å². The summed E-state index contributed by atoms with van der Waals surface area (Å²) in [5, 5.41) is 4.52. The van der Waals surface area contributed by atoms with Gasteiger partial charge in [-0.2, -0.15) is 5.10 Å². The van der Waals surface area contributed by atoms with Crippen molar-refractivity contribution in [2.45, 2.75) is 59.2 Å². The molecule has 2 aromatic heterocycles. The van der Waals surface area contributed by atoms with E-state index in [4.69, 9.17) is 4.98 Å². The van der Waals surface area contributed by atoms with Crippen molar-refractivity contribution in [1.82, 2.24) is 19.7 Å². The first kappa shape index (κ1) is 18.9. The van der Waals surface area contributed by atoms with Crippen LogP contribution in [-0.4, -0.2) is 26.2 Å². The van der Waals surface area contributed by atoms with Crippen LogP contribution < -0.4 is 0 Å². The smallest absolute Gasteiger partial charge is 0.0581 e. The Kier molecular flexibility index (Phi) is 5.58. The molecule has 0 amide bonds. The lowest BCUT2D eigenvalue weighted by Crippen LogP contribution is -2.24. The van der Waals surface area contributed by atoms with Gasteiger partial charge in [0.05, 0.1) is 17.9 Å². The Hall–Kier alpha value is -2.46. The van der Waals surface area contributed by atoms with Crippen LogP contribution in [0.2, 0.25) is 0 Å². The van der Waals surface area contributed by atoms with Gasteiger partial charge in [0.1, 0.15) is 0 Å². The molecule has 0 unspecified atom stereocenters. The number of hydrogen-bond acceptors (Lipinski definition) is 3. The summed E-state index contributed by atoms with van der Waals surface area (Å²) in [6, 6.07) is 15.7. The van der Waals surface area contributed by atoms with Crippen LogP contribution in [-0.2, 0) is 19.5 Å². The lowest BCUT2D eigenvalue weighted by atomic mass is 10.0. The third-order valence-corrected chi connectivity index (χ3v) is 5.87. The minimum Gasteiger partial charge on any atom is -0.290 e. The van der Waals surface area contributed by atoms with Crippen molar-refractivity contribution in [3.63, 3.8) is 0 Å². The van der Waals surface area contributed by atoms with E-state index in [0.29, 0.717) is 6.04 Å². The highest BCUT2D eigenvalue weighted by Crippen LogP contribution is 2.33. The van der Waals surface area contributed by atoms with Gasteiger partial charge in [-0.25, -0.2) is 0 Å². The molecule has 1 saturated heterocycles. The van der Waals surface area contributed by atoms with Gasteiger partial charge in [-0.15, -0.1) is 0 Å². The van der Waals surface area contributed by atoms with Crippen LogP contribution in [0.4, 0.5) is 0 Å². The fourth-order valence-electron chi connectivity index (χ4n) is 4.40. The van der Waals surface area contributed by atoms with Crippen molar-refractivity contribution in [2.24, 2.45) is 0 Å². The van der Waals surface area contributed by atoms with E-state index >= 15 is 0 Å². The summed E-state index contributed by atoms with van der Waals surface area (Å²) in [6.45, 7) is 9.46. The molecule has 0 spiro atoms. The van der Waals surface area contributed by atoms with Crippen LogP contribution in [0.1, 0.15) is 59.6 Å². The third kappa shape index (κ3) is 4.02. The molecule has 4 heteroatoms. The summed E-state index contributed by atoms with van der Waals surface area (Å²) in [6.07, 6.45) is 5.42. The predicted molar refractivity (Wildman–Crippen MR) is 113 cm³/mol. The van der Waals surface area contributed by atoms with Gasteiger partial charge in [0.15, 0.2) is 0 Å². The van der Waals surface area contributed by atoms with Crippen LogP contribution in [0, 0.1) is 13.8 Å². The standard InChI is InChI=1S/C24H30N4/c1-4-28-19(3)22(16-25-28)17-27-12-8-11-24(27)23-15-21(13-18(2)26-23)14-20-9-6-5-7-10-20/h5-7,9-10,13,15-16,24H,4,8,11-12,14,17H2,1-3H3/t24-/m0/s1. The summed E-state index contributed by atoms with van der Waals surface area (Å²) in [5.41, 5.74) is 7.68. The highest BCUT2D eigenvalue weighted by molar-refractivity contribution is 5.30. The Morgan fingerprint density at radius 2 is 1.89 bits per heavy atom. The number of rotatable bonds is 6. The summed E-state index contributed by atoms with van der Waals surface area (Å²) < 4.78 is 2.09. The Morgan fingerprint density at radius 1 is 1.07 bits per heavy atom. The predicted octanol–water partition coefficient (Wildman–Crippen LogP) is 4.84. The molecule has 0 saturated carbocycles. The quantitative estimate of drug-likeness (QED) is 0.619. The molecule has 1 fully saturated rings. The summed E-state index contributed by atoms with van der Waals surface area (Å²) in [4.78, 5) is 7.51. The molecular formula is C24H30N4. The highest BCUT2D eigenvalue weighted by Gasteiger charge is 2.28. The molecule has 4 rings (SSSR count). The number of pyridine rings is 1. The maximum absolute atomic E-state index is 4.93. The number of aromatic nitrogens is 3.